The van der Waals surface area contributed by atoms with Crippen LogP contribution in [0.2, 0.25) is 0 Å². The maximum atomic E-state index is 14.2. The Morgan fingerprint density at radius 2 is 1.79 bits per heavy atom. The van der Waals surface area contributed by atoms with Crippen LogP contribution in [0.4, 0.5) is 0 Å². The molecule has 1 fully saturated rings. The first-order chi connectivity index (χ1) is 15.7. The summed E-state index contributed by atoms with van der Waals surface area (Å²) in [4.78, 5) is 5.95. The van der Waals surface area contributed by atoms with Gasteiger partial charge in [0.2, 0.25) is 10.0 Å². The number of rotatable bonds is 6. The summed E-state index contributed by atoms with van der Waals surface area (Å²) >= 11 is 1.50. The predicted octanol–water partition coefficient (Wildman–Crippen LogP) is 5.27. The highest BCUT2D eigenvalue weighted by molar-refractivity contribution is 7.89. The summed E-state index contributed by atoms with van der Waals surface area (Å²) in [6.45, 7) is 5.77. The number of aryl methyl sites for hydroxylation is 1. The van der Waals surface area contributed by atoms with E-state index in [2.05, 4.69) is 0 Å². The van der Waals surface area contributed by atoms with E-state index in [9.17, 15) is 8.42 Å². The summed E-state index contributed by atoms with van der Waals surface area (Å²) in [6, 6.07) is 20.2. The molecule has 1 aromatic heterocycles. The van der Waals surface area contributed by atoms with Crippen LogP contribution in [0.15, 0.2) is 82.0 Å². The Morgan fingerprint density at radius 1 is 1.06 bits per heavy atom. The van der Waals surface area contributed by atoms with Crippen molar-refractivity contribution in [1.29, 1.82) is 0 Å². The Labute approximate surface area is 198 Å². The van der Waals surface area contributed by atoms with Gasteiger partial charge in [0.1, 0.15) is 0 Å². The van der Waals surface area contributed by atoms with Gasteiger partial charge >= 0.3 is 0 Å². The number of thiophene rings is 1. The summed E-state index contributed by atoms with van der Waals surface area (Å²) in [6.07, 6.45) is -0.218. The van der Waals surface area contributed by atoms with E-state index < -0.39 is 27.8 Å². The molecular formula is C25H26N2O4S2. The van der Waals surface area contributed by atoms with Gasteiger partial charge in [-0.05, 0) is 49.9 Å². The van der Waals surface area contributed by atoms with Crippen molar-refractivity contribution in [2.75, 3.05) is 0 Å². The van der Waals surface area contributed by atoms with Gasteiger partial charge < -0.3 is 9.47 Å². The number of hydrogen-bond acceptors (Lipinski definition) is 6. The second kappa shape index (κ2) is 8.14. The Kier molecular flexibility index (Phi) is 5.54. The van der Waals surface area contributed by atoms with Gasteiger partial charge in [0.05, 0.1) is 4.90 Å². The van der Waals surface area contributed by atoms with Crippen LogP contribution in [0.25, 0.3) is 0 Å². The highest BCUT2D eigenvalue weighted by atomic mass is 32.2. The number of benzene rings is 2. The van der Waals surface area contributed by atoms with Gasteiger partial charge in [-0.25, -0.2) is 13.4 Å². The predicted molar refractivity (Wildman–Crippen MR) is 128 cm³/mol. The van der Waals surface area contributed by atoms with Gasteiger partial charge in [0.15, 0.2) is 11.9 Å². The Bertz CT molecular complexity index is 1270. The van der Waals surface area contributed by atoms with E-state index in [0.29, 0.717) is 6.42 Å². The van der Waals surface area contributed by atoms with Gasteiger partial charge in [-0.1, -0.05) is 54.1 Å². The lowest BCUT2D eigenvalue weighted by Gasteiger charge is -2.41. The second-order valence-corrected chi connectivity index (χ2v) is 11.6. The van der Waals surface area contributed by atoms with Crippen LogP contribution >= 0.6 is 11.3 Å². The Hall–Kier alpha value is -2.36. The standard InChI is InChI=1S/C25H26N2O4S2/c1-18-11-13-21(14-12-18)33(28,29)27(17-20-8-5-4-6-9-20)25-23(22-10-7-15-32-22)30-24(3,31-25)16-19(2)26-25/h4-15,23H,16-17H2,1-3H3/t23-,24-,25-/m1/s1. The van der Waals surface area contributed by atoms with E-state index in [0.717, 1.165) is 21.7 Å². The van der Waals surface area contributed by atoms with Crippen LogP contribution in [-0.2, 0) is 26.0 Å². The van der Waals surface area contributed by atoms with Gasteiger partial charge in [-0.15, -0.1) is 15.6 Å². The zero-order valence-corrected chi connectivity index (χ0v) is 20.4. The SMILES string of the molecule is CC1=N[C@]2(N(Cc3ccccc3)S(=O)(=O)c3ccc(C)cc3)O[C@](C)(C1)O[C@@H]2c1cccs1. The first-order valence-electron chi connectivity index (χ1n) is 10.8. The maximum Gasteiger partial charge on any atom is 0.266 e. The van der Waals surface area contributed by atoms with E-state index in [-0.39, 0.29) is 11.4 Å². The van der Waals surface area contributed by atoms with Crippen molar-refractivity contribution < 1.29 is 17.9 Å². The molecule has 0 spiro atoms. The lowest BCUT2D eigenvalue weighted by molar-refractivity contribution is -0.198. The van der Waals surface area contributed by atoms with E-state index in [1.54, 1.807) is 24.3 Å². The largest absolute Gasteiger partial charge is 0.334 e. The summed E-state index contributed by atoms with van der Waals surface area (Å²) in [5, 5.41) is 1.95. The summed E-state index contributed by atoms with van der Waals surface area (Å²) in [5.41, 5.74) is 2.61. The zero-order chi connectivity index (χ0) is 23.3. The second-order valence-electron chi connectivity index (χ2n) is 8.74. The number of nitrogens with zero attached hydrogens (tertiary/aromatic N) is 2. The Morgan fingerprint density at radius 3 is 2.45 bits per heavy atom. The minimum Gasteiger partial charge on any atom is -0.334 e. The number of aliphatic imine (C=N–C) groups is 1. The fourth-order valence-corrected chi connectivity index (χ4v) is 6.91. The van der Waals surface area contributed by atoms with Crippen molar-refractivity contribution in [2.45, 2.75) is 56.4 Å². The molecule has 2 bridgehead atoms. The normalized spacial score (nSPS) is 27.0. The number of sulfonamides is 1. The highest BCUT2D eigenvalue weighted by Gasteiger charge is 2.64. The van der Waals surface area contributed by atoms with Gasteiger partial charge in [0, 0.05) is 23.6 Å². The fourth-order valence-electron chi connectivity index (χ4n) is 4.54. The van der Waals surface area contributed by atoms with E-state index >= 15 is 0 Å². The van der Waals surface area contributed by atoms with Gasteiger partial charge in [-0.3, -0.25) is 0 Å². The average Bonchev–Trinajstić information content (AvgIpc) is 3.37. The molecule has 1 saturated heterocycles. The topological polar surface area (TPSA) is 68.2 Å². The highest BCUT2D eigenvalue weighted by Crippen LogP contribution is 2.54. The molecule has 0 unspecified atom stereocenters. The van der Waals surface area contributed by atoms with Crippen LogP contribution in [0.5, 0.6) is 0 Å². The third-order valence-corrected chi connectivity index (χ3v) is 8.69. The average molecular weight is 483 g/mol. The van der Waals surface area contributed by atoms with E-state index in [4.69, 9.17) is 14.5 Å². The molecule has 6 nitrogen and oxygen atoms in total. The van der Waals surface area contributed by atoms with Crippen LogP contribution in [0, 0.1) is 6.92 Å². The molecule has 33 heavy (non-hydrogen) atoms. The van der Waals surface area contributed by atoms with Crippen LogP contribution in [0.3, 0.4) is 0 Å². The molecule has 5 rings (SSSR count). The number of ether oxygens (including phenoxy) is 2. The lowest BCUT2D eigenvalue weighted by Crippen LogP contribution is -2.55. The van der Waals surface area contributed by atoms with Crippen LogP contribution in [0.1, 0.15) is 42.4 Å². The summed E-state index contributed by atoms with van der Waals surface area (Å²) < 4.78 is 42.7. The first-order valence-corrected chi connectivity index (χ1v) is 13.1. The Balaban J connectivity index is 1.72. The van der Waals surface area contributed by atoms with Crippen molar-refractivity contribution in [1.82, 2.24) is 4.31 Å². The van der Waals surface area contributed by atoms with Crippen molar-refractivity contribution >= 4 is 27.1 Å². The molecule has 2 aromatic carbocycles. The fraction of sp³-hybridized carbons (Fsp3) is 0.320. The molecule has 0 N–H and O–H groups in total. The van der Waals surface area contributed by atoms with Gasteiger partial charge in [0.25, 0.3) is 5.85 Å². The van der Waals surface area contributed by atoms with Crippen molar-refractivity contribution in [3.05, 3.63) is 88.1 Å². The molecule has 2 aliphatic heterocycles. The molecular weight excluding hydrogens is 456 g/mol. The third-order valence-electron chi connectivity index (χ3n) is 5.94. The van der Waals surface area contributed by atoms with Crippen LogP contribution in [-0.4, -0.2) is 30.1 Å². The van der Waals surface area contributed by atoms with E-state index in [1.807, 2.05) is 68.6 Å². The third kappa shape index (κ3) is 3.96. The molecule has 0 radical (unpaired) electrons. The minimum absolute atomic E-state index is 0.0924. The minimum atomic E-state index is -4.01. The molecule has 3 atom stereocenters. The molecule has 0 aliphatic carbocycles. The van der Waals surface area contributed by atoms with Crippen LogP contribution < -0.4 is 0 Å². The number of hydrogen-bond donors (Lipinski definition) is 0. The molecule has 3 aromatic rings. The monoisotopic (exact) mass is 482 g/mol. The smallest absolute Gasteiger partial charge is 0.266 e. The molecule has 0 saturated carbocycles. The molecule has 2 aliphatic rings. The quantitative estimate of drug-likeness (QED) is 0.480. The van der Waals surface area contributed by atoms with Gasteiger partial charge in [-0.2, -0.15) is 0 Å². The molecule has 172 valence electrons. The maximum absolute atomic E-state index is 14.2. The number of fused-ring (bicyclic) bond motifs is 2. The molecule has 0 amide bonds. The lowest BCUT2D eigenvalue weighted by atomic mass is 10.1. The molecule has 8 heteroatoms. The zero-order valence-electron chi connectivity index (χ0n) is 18.8. The van der Waals surface area contributed by atoms with Crippen molar-refractivity contribution in [3.63, 3.8) is 0 Å². The van der Waals surface area contributed by atoms with Crippen molar-refractivity contribution in [2.24, 2.45) is 4.99 Å². The van der Waals surface area contributed by atoms with E-state index in [1.165, 1.54) is 15.6 Å². The first kappa shape index (κ1) is 22.4. The molecule has 3 heterocycles. The summed E-state index contributed by atoms with van der Waals surface area (Å²) in [7, 11) is -4.01. The van der Waals surface area contributed by atoms with Crippen molar-refractivity contribution in [3.8, 4) is 0 Å². The summed E-state index contributed by atoms with van der Waals surface area (Å²) in [5.74, 6) is -2.53.